The third-order valence-corrected chi connectivity index (χ3v) is 7.28. The molecule has 1 aromatic heterocycles. The second-order valence-corrected chi connectivity index (χ2v) is 8.64. The van der Waals surface area contributed by atoms with Gasteiger partial charge in [0.2, 0.25) is 0 Å². The van der Waals surface area contributed by atoms with E-state index in [1.807, 2.05) is 25.5 Å². The third-order valence-electron chi connectivity index (χ3n) is 3.19. The maximum absolute atomic E-state index is 12.6. The van der Waals surface area contributed by atoms with Crippen molar-refractivity contribution in [3.8, 4) is 0 Å². The van der Waals surface area contributed by atoms with E-state index in [0.717, 1.165) is 24.3 Å². The fourth-order valence-corrected chi connectivity index (χ4v) is 5.62. The third kappa shape index (κ3) is 4.46. The normalized spacial score (nSPS) is 13.8. The Labute approximate surface area is 131 Å². The summed E-state index contributed by atoms with van der Waals surface area (Å²) in [4.78, 5) is 0. The molecule has 1 rings (SSSR count). The van der Waals surface area contributed by atoms with Crippen LogP contribution in [0.4, 0.5) is 0 Å². The molecule has 116 valence electrons. The van der Waals surface area contributed by atoms with Crippen LogP contribution >= 0.6 is 23.1 Å². The van der Waals surface area contributed by atoms with E-state index in [2.05, 4.69) is 5.32 Å². The van der Waals surface area contributed by atoms with Crippen LogP contribution in [0.5, 0.6) is 0 Å². The van der Waals surface area contributed by atoms with E-state index in [1.54, 1.807) is 24.9 Å². The Morgan fingerprint density at radius 3 is 2.70 bits per heavy atom. The number of nitrogens with one attached hydrogen (secondary N) is 1. The molecule has 0 radical (unpaired) electrons. The number of thioether (sulfide) groups is 1. The van der Waals surface area contributed by atoms with Crippen molar-refractivity contribution in [3.05, 3.63) is 17.0 Å². The topological polar surface area (TPSA) is 49.4 Å². The van der Waals surface area contributed by atoms with E-state index in [4.69, 9.17) is 0 Å². The summed E-state index contributed by atoms with van der Waals surface area (Å²) in [5.74, 6) is 0.821. The number of sulfonamides is 1. The molecule has 0 saturated heterocycles. The minimum atomic E-state index is -3.37. The summed E-state index contributed by atoms with van der Waals surface area (Å²) in [5.41, 5.74) is 1.03. The molecule has 1 aromatic rings. The van der Waals surface area contributed by atoms with Gasteiger partial charge in [0.1, 0.15) is 4.21 Å². The Balaban J connectivity index is 2.89. The summed E-state index contributed by atoms with van der Waals surface area (Å²) in [6.07, 6.45) is 2.83. The number of thiophene rings is 1. The molecule has 1 N–H and O–H groups in total. The van der Waals surface area contributed by atoms with Gasteiger partial charge in [-0.2, -0.15) is 16.1 Å². The zero-order valence-corrected chi connectivity index (χ0v) is 15.0. The van der Waals surface area contributed by atoms with Gasteiger partial charge in [0.25, 0.3) is 10.0 Å². The van der Waals surface area contributed by atoms with Crippen molar-refractivity contribution < 1.29 is 8.42 Å². The molecule has 20 heavy (non-hydrogen) atoms. The first-order valence-corrected chi connectivity index (χ1v) is 10.4. The van der Waals surface area contributed by atoms with Crippen LogP contribution in [-0.2, 0) is 16.6 Å². The lowest BCUT2D eigenvalue weighted by Crippen LogP contribution is -2.37. The van der Waals surface area contributed by atoms with Crippen molar-refractivity contribution in [2.24, 2.45) is 0 Å². The van der Waals surface area contributed by atoms with Crippen LogP contribution in [0.15, 0.2) is 15.7 Å². The van der Waals surface area contributed by atoms with Gasteiger partial charge in [0.15, 0.2) is 0 Å². The summed E-state index contributed by atoms with van der Waals surface area (Å²) in [6, 6.07) is 1.83. The van der Waals surface area contributed by atoms with E-state index in [-0.39, 0.29) is 6.04 Å². The van der Waals surface area contributed by atoms with Crippen molar-refractivity contribution >= 4 is 33.1 Å². The summed E-state index contributed by atoms with van der Waals surface area (Å²) >= 11 is 2.98. The molecular formula is C13H24N2O2S3. The minimum Gasteiger partial charge on any atom is -0.313 e. The maximum Gasteiger partial charge on any atom is 0.252 e. The predicted octanol–water partition coefficient (Wildman–Crippen LogP) is 2.62. The molecule has 1 heterocycles. The smallest absolute Gasteiger partial charge is 0.252 e. The van der Waals surface area contributed by atoms with E-state index < -0.39 is 10.0 Å². The van der Waals surface area contributed by atoms with E-state index in [1.165, 1.54) is 15.6 Å². The second kappa shape index (κ2) is 8.38. The molecule has 1 unspecified atom stereocenters. The average Bonchev–Trinajstić information content (AvgIpc) is 2.91. The van der Waals surface area contributed by atoms with Gasteiger partial charge < -0.3 is 5.32 Å². The van der Waals surface area contributed by atoms with Crippen LogP contribution in [0.25, 0.3) is 0 Å². The van der Waals surface area contributed by atoms with E-state index >= 15 is 0 Å². The zero-order chi connectivity index (χ0) is 15.2. The highest BCUT2D eigenvalue weighted by molar-refractivity contribution is 7.98. The van der Waals surface area contributed by atoms with Gasteiger partial charge in [-0.05, 0) is 36.2 Å². The second-order valence-electron chi connectivity index (χ2n) is 4.59. The highest BCUT2D eigenvalue weighted by Gasteiger charge is 2.28. The van der Waals surface area contributed by atoms with E-state index in [9.17, 15) is 8.42 Å². The molecule has 7 heteroatoms. The fraction of sp³-hybridized carbons (Fsp3) is 0.692. The van der Waals surface area contributed by atoms with Crippen molar-refractivity contribution in [2.45, 2.75) is 37.1 Å². The van der Waals surface area contributed by atoms with Gasteiger partial charge in [-0.3, -0.25) is 0 Å². The quantitative estimate of drug-likeness (QED) is 0.753. The highest BCUT2D eigenvalue weighted by atomic mass is 32.2. The fourth-order valence-electron chi connectivity index (χ4n) is 1.86. The summed E-state index contributed by atoms with van der Waals surface area (Å²) in [5, 5.41) is 5.12. The number of nitrogens with zero attached hydrogens (tertiary/aromatic N) is 1. The van der Waals surface area contributed by atoms with Crippen LogP contribution in [0.2, 0.25) is 0 Å². The lowest BCUT2D eigenvalue weighted by molar-refractivity contribution is 0.386. The largest absolute Gasteiger partial charge is 0.313 e. The molecule has 0 saturated carbocycles. The van der Waals surface area contributed by atoms with E-state index in [0.29, 0.717) is 10.8 Å². The first-order valence-electron chi connectivity index (χ1n) is 6.72. The zero-order valence-electron chi connectivity index (χ0n) is 12.5. The Hall–Kier alpha value is -0.0800. The minimum absolute atomic E-state index is 0.0503. The molecule has 0 aliphatic heterocycles. The molecule has 0 fully saturated rings. The van der Waals surface area contributed by atoms with Gasteiger partial charge in [-0.15, -0.1) is 11.3 Å². The molecule has 1 atom stereocenters. The van der Waals surface area contributed by atoms with Crippen molar-refractivity contribution in [1.29, 1.82) is 0 Å². The number of rotatable bonds is 9. The highest BCUT2D eigenvalue weighted by Crippen LogP contribution is 2.25. The molecular weight excluding hydrogens is 312 g/mol. The lowest BCUT2D eigenvalue weighted by Gasteiger charge is -2.25. The average molecular weight is 337 g/mol. The van der Waals surface area contributed by atoms with Crippen molar-refractivity contribution in [2.75, 3.05) is 25.6 Å². The van der Waals surface area contributed by atoms with Crippen LogP contribution < -0.4 is 5.32 Å². The van der Waals surface area contributed by atoms with Gasteiger partial charge in [0.05, 0.1) is 0 Å². The summed E-state index contributed by atoms with van der Waals surface area (Å²) in [7, 11) is -1.68. The molecule has 0 aromatic carbocycles. The van der Waals surface area contributed by atoms with Gasteiger partial charge >= 0.3 is 0 Å². The van der Waals surface area contributed by atoms with Crippen LogP contribution in [0.1, 0.15) is 25.8 Å². The summed E-state index contributed by atoms with van der Waals surface area (Å²) in [6.45, 7) is 5.65. The Kier molecular flexibility index (Phi) is 7.53. The molecule has 4 nitrogen and oxygen atoms in total. The standard InChI is InChI=1S/C13H24N2O2S3/c1-5-12(10-18-4)15(3)20(16,17)13-7-11(9-19-13)8-14-6-2/h7,9,12,14H,5-6,8,10H2,1-4H3. The lowest BCUT2D eigenvalue weighted by atomic mass is 10.3. The molecule has 0 aliphatic rings. The van der Waals surface area contributed by atoms with Gasteiger partial charge in [-0.25, -0.2) is 8.42 Å². The Morgan fingerprint density at radius 2 is 2.15 bits per heavy atom. The van der Waals surface area contributed by atoms with Crippen LogP contribution in [-0.4, -0.2) is 44.4 Å². The maximum atomic E-state index is 12.6. The molecule has 0 aliphatic carbocycles. The first-order chi connectivity index (χ1) is 9.47. The van der Waals surface area contributed by atoms with Crippen molar-refractivity contribution in [3.63, 3.8) is 0 Å². The van der Waals surface area contributed by atoms with Crippen molar-refractivity contribution in [1.82, 2.24) is 9.62 Å². The molecule has 0 bridgehead atoms. The number of hydrogen-bond donors (Lipinski definition) is 1. The molecule has 0 spiro atoms. The van der Waals surface area contributed by atoms with Crippen LogP contribution in [0, 0.1) is 0 Å². The summed E-state index contributed by atoms with van der Waals surface area (Å²) < 4.78 is 27.2. The molecule has 0 amide bonds. The van der Waals surface area contributed by atoms with Gasteiger partial charge in [0, 0.05) is 25.4 Å². The van der Waals surface area contributed by atoms with Crippen LogP contribution in [0.3, 0.4) is 0 Å². The van der Waals surface area contributed by atoms with Gasteiger partial charge in [-0.1, -0.05) is 13.8 Å². The monoisotopic (exact) mass is 336 g/mol. The Morgan fingerprint density at radius 1 is 1.45 bits per heavy atom. The number of hydrogen-bond acceptors (Lipinski definition) is 5. The Bertz CT molecular complexity index is 499. The predicted molar refractivity (Wildman–Crippen MR) is 89.1 cm³/mol. The SMILES string of the molecule is CCNCc1csc(S(=O)(=O)N(C)C(CC)CSC)c1. The first kappa shape index (κ1) is 18.0.